The minimum absolute atomic E-state index is 0.00567. The molecule has 1 atom stereocenters. The summed E-state index contributed by atoms with van der Waals surface area (Å²) in [6.07, 6.45) is 1.46. The zero-order valence-electron chi connectivity index (χ0n) is 18.8. The summed E-state index contributed by atoms with van der Waals surface area (Å²) in [7, 11) is 0. The smallest absolute Gasteiger partial charge is 0.339 e. The van der Waals surface area contributed by atoms with E-state index in [2.05, 4.69) is 6.92 Å². The summed E-state index contributed by atoms with van der Waals surface area (Å²) < 4.78 is 5.67. The molecule has 1 aliphatic heterocycles. The van der Waals surface area contributed by atoms with Gasteiger partial charge in [-0.05, 0) is 31.4 Å². The van der Waals surface area contributed by atoms with E-state index in [1.807, 2.05) is 31.2 Å². The molecule has 1 unspecified atom stereocenters. The Balaban J connectivity index is 1.82. The van der Waals surface area contributed by atoms with Gasteiger partial charge in [0.15, 0.2) is 6.10 Å². The largest absolute Gasteiger partial charge is 0.449 e. The van der Waals surface area contributed by atoms with Crippen molar-refractivity contribution in [1.29, 1.82) is 0 Å². The van der Waals surface area contributed by atoms with Gasteiger partial charge >= 0.3 is 5.97 Å². The van der Waals surface area contributed by atoms with Crippen LogP contribution in [0.4, 0.5) is 0 Å². The number of esters is 1. The van der Waals surface area contributed by atoms with E-state index in [-0.39, 0.29) is 11.8 Å². The minimum Gasteiger partial charge on any atom is -0.449 e. The number of carbonyl (C=O) groups is 3. The second-order valence-electron chi connectivity index (χ2n) is 7.91. The van der Waals surface area contributed by atoms with Gasteiger partial charge in [0, 0.05) is 44.2 Å². The van der Waals surface area contributed by atoms with Gasteiger partial charge in [-0.25, -0.2) is 4.79 Å². The fourth-order valence-electron chi connectivity index (χ4n) is 4.13. The predicted molar refractivity (Wildman–Crippen MR) is 119 cm³/mol. The topological polar surface area (TPSA) is 79.8 Å². The number of ether oxygens (including phenoxy) is 1. The highest BCUT2D eigenvalue weighted by Gasteiger charge is 2.29. The van der Waals surface area contributed by atoms with Crippen LogP contribution >= 0.6 is 0 Å². The maximum atomic E-state index is 13.3. The van der Waals surface area contributed by atoms with Crippen molar-refractivity contribution < 1.29 is 19.1 Å². The fraction of sp³-hybridized carbons (Fsp3) is 0.500. The van der Waals surface area contributed by atoms with E-state index >= 15 is 0 Å². The molecule has 0 radical (unpaired) electrons. The number of rotatable bonds is 6. The molecule has 1 aromatic carbocycles. The van der Waals surface area contributed by atoms with Gasteiger partial charge in [-0.3, -0.25) is 14.6 Å². The summed E-state index contributed by atoms with van der Waals surface area (Å²) in [5.74, 6) is -0.719. The molecule has 2 heterocycles. The van der Waals surface area contributed by atoms with E-state index in [9.17, 15) is 14.4 Å². The standard InChI is InChI=1S/C24H31N3O4/c1-5-9-20-18(6-2)22(19-10-7-8-11-21(19)25-20)24(30)31-16(3)23(29)27-14-12-26(13-15-27)17(4)28/h7-8,10-11,16H,5-6,9,12-15H2,1-4H3. The first kappa shape index (κ1) is 22.7. The van der Waals surface area contributed by atoms with Gasteiger partial charge in [0.2, 0.25) is 5.91 Å². The molecule has 0 N–H and O–H groups in total. The molecule has 1 saturated heterocycles. The second-order valence-corrected chi connectivity index (χ2v) is 7.91. The molecule has 31 heavy (non-hydrogen) atoms. The maximum absolute atomic E-state index is 13.3. The van der Waals surface area contributed by atoms with Crippen molar-refractivity contribution in [3.05, 3.63) is 41.1 Å². The van der Waals surface area contributed by atoms with Crippen LogP contribution in [0.1, 0.15) is 55.7 Å². The van der Waals surface area contributed by atoms with Crippen molar-refractivity contribution in [1.82, 2.24) is 14.8 Å². The summed E-state index contributed by atoms with van der Waals surface area (Å²) in [6.45, 7) is 9.11. The van der Waals surface area contributed by atoms with Crippen LogP contribution in [0.25, 0.3) is 10.9 Å². The SMILES string of the molecule is CCCc1nc2ccccc2c(C(=O)OC(C)C(=O)N2CCN(C(C)=O)CC2)c1CC. The van der Waals surface area contributed by atoms with E-state index in [0.717, 1.165) is 35.0 Å². The molecule has 2 aromatic rings. The number of para-hydroxylation sites is 1. The van der Waals surface area contributed by atoms with Crippen molar-refractivity contribution in [3.63, 3.8) is 0 Å². The first-order valence-electron chi connectivity index (χ1n) is 11.0. The monoisotopic (exact) mass is 425 g/mol. The Kier molecular flexibility index (Phi) is 7.25. The van der Waals surface area contributed by atoms with E-state index in [1.54, 1.807) is 16.7 Å². The summed E-state index contributed by atoms with van der Waals surface area (Å²) >= 11 is 0. The Labute approximate surface area is 183 Å². The Hall–Kier alpha value is -2.96. The molecule has 1 aromatic heterocycles. The molecule has 0 saturated carbocycles. The lowest BCUT2D eigenvalue weighted by atomic mass is 9.96. The highest BCUT2D eigenvalue weighted by molar-refractivity contribution is 6.05. The van der Waals surface area contributed by atoms with Crippen LogP contribution in [0.3, 0.4) is 0 Å². The molecule has 7 nitrogen and oxygen atoms in total. The number of nitrogens with zero attached hydrogens (tertiary/aromatic N) is 3. The van der Waals surface area contributed by atoms with Crippen molar-refractivity contribution in [3.8, 4) is 0 Å². The number of carbonyl (C=O) groups excluding carboxylic acids is 3. The lowest BCUT2D eigenvalue weighted by Gasteiger charge is -2.35. The van der Waals surface area contributed by atoms with E-state index in [1.165, 1.54) is 6.92 Å². The Morgan fingerprint density at radius 1 is 1.06 bits per heavy atom. The molecule has 0 bridgehead atoms. The van der Waals surface area contributed by atoms with Gasteiger partial charge in [0.05, 0.1) is 11.1 Å². The molecular formula is C24H31N3O4. The van der Waals surface area contributed by atoms with Crippen molar-refractivity contribution >= 4 is 28.7 Å². The fourth-order valence-corrected chi connectivity index (χ4v) is 4.13. The molecule has 7 heteroatoms. The van der Waals surface area contributed by atoms with Crippen LogP contribution in [0.2, 0.25) is 0 Å². The van der Waals surface area contributed by atoms with E-state index < -0.39 is 12.1 Å². The first-order chi connectivity index (χ1) is 14.9. The third kappa shape index (κ3) is 4.86. The number of hydrogen-bond donors (Lipinski definition) is 0. The average Bonchev–Trinajstić information content (AvgIpc) is 2.77. The lowest BCUT2D eigenvalue weighted by molar-refractivity contribution is -0.144. The number of aryl methyl sites for hydroxylation is 1. The number of hydrogen-bond acceptors (Lipinski definition) is 5. The van der Waals surface area contributed by atoms with Crippen LogP contribution in [0.5, 0.6) is 0 Å². The summed E-state index contributed by atoms with van der Waals surface area (Å²) in [5.41, 5.74) is 3.07. The van der Waals surface area contributed by atoms with Gasteiger partial charge in [0.25, 0.3) is 5.91 Å². The number of benzene rings is 1. The highest BCUT2D eigenvalue weighted by Crippen LogP contribution is 2.26. The summed E-state index contributed by atoms with van der Waals surface area (Å²) in [6, 6.07) is 7.55. The number of amides is 2. The molecule has 166 valence electrons. The third-order valence-corrected chi connectivity index (χ3v) is 5.79. The zero-order valence-corrected chi connectivity index (χ0v) is 18.8. The van der Waals surface area contributed by atoms with Crippen LogP contribution in [0.15, 0.2) is 24.3 Å². The van der Waals surface area contributed by atoms with Gasteiger partial charge in [-0.1, -0.05) is 38.5 Å². The predicted octanol–water partition coefficient (Wildman–Crippen LogP) is 2.99. The second kappa shape index (κ2) is 9.90. The molecule has 1 fully saturated rings. The van der Waals surface area contributed by atoms with E-state index in [0.29, 0.717) is 38.2 Å². The molecule has 1 aliphatic rings. The molecule has 3 rings (SSSR count). The zero-order chi connectivity index (χ0) is 22.5. The number of fused-ring (bicyclic) bond motifs is 1. The lowest BCUT2D eigenvalue weighted by Crippen LogP contribution is -2.52. The van der Waals surface area contributed by atoms with Gasteiger partial charge in [0.1, 0.15) is 0 Å². The number of pyridine rings is 1. The molecular weight excluding hydrogens is 394 g/mol. The van der Waals surface area contributed by atoms with Crippen LogP contribution in [0, 0.1) is 0 Å². The number of piperazine rings is 1. The highest BCUT2D eigenvalue weighted by atomic mass is 16.5. The summed E-state index contributed by atoms with van der Waals surface area (Å²) in [4.78, 5) is 45.8. The molecule has 0 spiro atoms. The van der Waals surface area contributed by atoms with Gasteiger partial charge in [-0.2, -0.15) is 0 Å². The first-order valence-corrected chi connectivity index (χ1v) is 11.0. The Bertz CT molecular complexity index is 980. The molecule has 2 amide bonds. The normalized spacial score (nSPS) is 15.1. The van der Waals surface area contributed by atoms with E-state index in [4.69, 9.17) is 9.72 Å². The average molecular weight is 426 g/mol. The van der Waals surface area contributed by atoms with Crippen LogP contribution < -0.4 is 0 Å². The van der Waals surface area contributed by atoms with Crippen molar-refractivity contribution in [2.75, 3.05) is 26.2 Å². The Morgan fingerprint density at radius 3 is 2.32 bits per heavy atom. The van der Waals surface area contributed by atoms with Crippen LogP contribution in [-0.2, 0) is 27.2 Å². The van der Waals surface area contributed by atoms with Crippen molar-refractivity contribution in [2.24, 2.45) is 0 Å². The third-order valence-electron chi connectivity index (χ3n) is 5.79. The molecule has 0 aliphatic carbocycles. The summed E-state index contributed by atoms with van der Waals surface area (Å²) in [5, 5.41) is 0.749. The number of aromatic nitrogens is 1. The quantitative estimate of drug-likeness (QED) is 0.665. The Morgan fingerprint density at radius 2 is 1.71 bits per heavy atom. The van der Waals surface area contributed by atoms with Crippen molar-refractivity contribution in [2.45, 2.75) is 53.1 Å². The minimum atomic E-state index is -0.900. The van der Waals surface area contributed by atoms with Gasteiger partial charge < -0.3 is 14.5 Å². The maximum Gasteiger partial charge on any atom is 0.339 e. The van der Waals surface area contributed by atoms with Crippen LogP contribution in [-0.4, -0.2) is 64.9 Å². The van der Waals surface area contributed by atoms with Gasteiger partial charge in [-0.15, -0.1) is 0 Å².